The number of aliphatic hydroxyl groups excluding tert-OH is 1. The molecule has 4 heterocycles. The molecule has 2 aliphatic rings. The minimum Gasteiger partial charge on any atom is -0.400 e. The van der Waals surface area contributed by atoms with Crippen molar-refractivity contribution < 1.29 is 61.0 Å². The summed E-state index contributed by atoms with van der Waals surface area (Å²) in [6, 6.07) is 7.03. The Bertz CT molecular complexity index is 1960. The molecule has 0 radical (unpaired) electrons. The summed E-state index contributed by atoms with van der Waals surface area (Å²) in [4.78, 5) is 19.9. The first-order chi connectivity index (χ1) is 36.3. The Labute approximate surface area is 455 Å². The van der Waals surface area contributed by atoms with Crippen molar-refractivity contribution >= 4 is 48.1 Å². The Kier molecular flexibility index (Phi) is 41.9. The van der Waals surface area contributed by atoms with Crippen molar-refractivity contribution in [3.63, 3.8) is 0 Å². The predicted molar refractivity (Wildman–Crippen MR) is 297 cm³/mol. The van der Waals surface area contributed by atoms with Crippen molar-refractivity contribution in [1.29, 1.82) is 5.41 Å². The van der Waals surface area contributed by atoms with Crippen LogP contribution < -0.4 is 10.2 Å². The van der Waals surface area contributed by atoms with Gasteiger partial charge in [-0.2, -0.15) is 9.97 Å². The van der Waals surface area contributed by atoms with Crippen LogP contribution in [0.25, 0.3) is 0 Å². The van der Waals surface area contributed by atoms with Crippen molar-refractivity contribution in [3.8, 4) is 0 Å². The number of aromatic nitrogens is 5. The van der Waals surface area contributed by atoms with Gasteiger partial charge in [0.25, 0.3) is 0 Å². The Morgan fingerprint density at radius 1 is 0.787 bits per heavy atom. The SMILES string of the molecule is C.CC.CC.CCCCOCCOCCOCCOCCn1cc(COCCOCCOCCOCCCc2ccc(S(=O)(=O)C3CN(c4nc(Cl)nc(NC5CCC(CCCPO)O5)c4C=N)C3)cc2)nn1.CO. The molecule has 0 spiro atoms. The number of rotatable bonds is 40. The van der Waals surface area contributed by atoms with Crippen LogP contribution in [-0.4, -0.2) is 193 Å². The second kappa shape index (κ2) is 44.9. The second-order valence-corrected chi connectivity index (χ2v) is 19.6. The van der Waals surface area contributed by atoms with Crippen LogP contribution in [0, 0.1) is 5.41 Å². The number of benzene rings is 1. The molecule has 2 aliphatic heterocycles. The van der Waals surface area contributed by atoms with E-state index >= 15 is 0 Å². The van der Waals surface area contributed by atoms with Crippen LogP contribution in [0.2, 0.25) is 5.28 Å². The largest absolute Gasteiger partial charge is 0.400 e. The van der Waals surface area contributed by atoms with Crippen molar-refractivity contribution in [2.75, 3.05) is 136 Å². The monoisotopic (exact) mass is 1120 g/mol. The average molecular weight is 1120 g/mol. The fraction of sp³-hybridized carbons (Fsp3) is 0.745. The van der Waals surface area contributed by atoms with Gasteiger partial charge in [-0.25, -0.2) is 13.1 Å². The summed E-state index contributed by atoms with van der Waals surface area (Å²) in [6.07, 6.45) is 10.7. The molecule has 0 bridgehead atoms. The van der Waals surface area contributed by atoms with Gasteiger partial charge in [-0.3, -0.25) is 0 Å². The van der Waals surface area contributed by atoms with E-state index in [1.54, 1.807) is 16.8 Å². The molecular weight excluding hydrogens is 1030 g/mol. The maximum absolute atomic E-state index is 13.5. The van der Waals surface area contributed by atoms with E-state index in [2.05, 4.69) is 32.5 Å². The van der Waals surface area contributed by atoms with Crippen LogP contribution in [-0.2, 0) is 72.0 Å². The number of sulfone groups is 1. The van der Waals surface area contributed by atoms with Crippen molar-refractivity contribution in [2.45, 2.75) is 129 Å². The van der Waals surface area contributed by atoms with E-state index in [1.165, 1.54) is 0 Å². The lowest BCUT2D eigenvalue weighted by molar-refractivity contribution is -0.00460. The first-order valence-electron chi connectivity index (χ1n) is 26.2. The van der Waals surface area contributed by atoms with Crippen LogP contribution in [0.5, 0.6) is 0 Å². The zero-order valence-electron chi connectivity index (χ0n) is 44.8. The lowest BCUT2D eigenvalue weighted by Crippen LogP contribution is -2.55. The first kappa shape index (κ1) is 70.0. The third-order valence-corrected chi connectivity index (χ3v) is 13.9. The van der Waals surface area contributed by atoms with Crippen LogP contribution in [0.1, 0.15) is 104 Å². The summed E-state index contributed by atoms with van der Waals surface area (Å²) < 4.78 is 79.5. The van der Waals surface area contributed by atoms with Gasteiger partial charge in [0.15, 0.2) is 9.84 Å². The lowest BCUT2D eigenvalue weighted by atomic mass is 10.1. The van der Waals surface area contributed by atoms with Gasteiger partial charge in [0.1, 0.15) is 28.8 Å². The molecule has 24 heteroatoms. The molecule has 0 amide bonds. The van der Waals surface area contributed by atoms with Crippen LogP contribution in [0.4, 0.5) is 11.6 Å². The highest BCUT2D eigenvalue weighted by Gasteiger charge is 2.40. The molecule has 3 unspecified atom stereocenters. The fourth-order valence-electron chi connectivity index (χ4n) is 7.24. The van der Waals surface area contributed by atoms with Gasteiger partial charge in [-0.1, -0.05) is 65.8 Å². The number of unbranched alkanes of at least 4 members (excludes halogenated alkanes) is 1. The zero-order valence-corrected chi connectivity index (χ0v) is 47.4. The standard InChI is InChI=1S/C45H72ClN8O12PS.2C2H6.CH4O.CH4/c1-2-3-15-58-18-21-61-24-25-63-23-20-60-17-14-54-32-37(51-52-54)35-65-29-28-64-27-26-62-22-19-59-16-4-6-36-8-11-39(12-9-36)68(56,57)40-33-53(34-40)44-41(31-47)43(49-45(46)50-44)48-42-13-10-38(66-42)7-5-30-67-55;3*1-2;/h8-9,11-12,31-32,38,40,42,47,55,67H,2-7,10,13-30,33-35H2,1H3,(H,48,49,50);2*1-2H3;2H,1H3;1H4. The fourth-order valence-corrected chi connectivity index (χ4v) is 9.42. The highest BCUT2D eigenvalue weighted by atomic mass is 35.5. The van der Waals surface area contributed by atoms with Crippen LogP contribution >= 0.6 is 20.4 Å². The number of nitrogens with zero attached hydrogens (tertiary/aromatic N) is 6. The Morgan fingerprint density at radius 3 is 1.89 bits per heavy atom. The quantitative estimate of drug-likeness (QED) is 0.0193. The predicted octanol–water partition coefficient (Wildman–Crippen LogP) is 7.03. The van der Waals surface area contributed by atoms with Gasteiger partial charge in [0.05, 0.1) is 122 Å². The summed E-state index contributed by atoms with van der Waals surface area (Å²) in [5.74, 6) is 0.789. The first-order valence-corrected chi connectivity index (χ1v) is 29.3. The number of ether oxygens (including phenoxy) is 9. The number of aliphatic hydroxyl groups is 1. The number of hydrogen-bond acceptors (Lipinski definition) is 20. The van der Waals surface area contributed by atoms with Gasteiger partial charge in [-0.15, -0.1) is 5.10 Å². The molecule has 3 aromatic rings. The molecule has 2 saturated heterocycles. The second-order valence-electron chi connectivity index (χ2n) is 16.2. The van der Waals surface area contributed by atoms with E-state index in [1.807, 2.05) is 50.9 Å². The Balaban J connectivity index is 0.00000387. The number of anilines is 2. The number of halogens is 1. The Morgan fingerprint density at radius 2 is 1.33 bits per heavy atom. The maximum Gasteiger partial charge on any atom is 0.226 e. The summed E-state index contributed by atoms with van der Waals surface area (Å²) in [7, 11) is -2.65. The van der Waals surface area contributed by atoms with Crippen molar-refractivity contribution in [1.82, 2.24) is 25.0 Å². The molecule has 5 rings (SSSR count). The minimum absolute atomic E-state index is 0. The summed E-state index contributed by atoms with van der Waals surface area (Å²) >= 11 is 6.31. The third kappa shape index (κ3) is 28.4. The highest BCUT2D eigenvalue weighted by molar-refractivity contribution is 7.92. The topological polar surface area (TPSA) is 253 Å². The molecule has 2 fully saturated rings. The summed E-state index contributed by atoms with van der Waals surface area (Å²) in [6.45, 7) is 19.3. The molecule has 0 saturated carbocycles. The van der Waals surface area contributed by atoms with Crippen molar-refractivity contribution in [2.24, 2.45) is 0 Å². The molecule has 4 N–H and O–H groups in total. The molecule has 1 aromatic carbocycles. The summed E-state index contributed by atoms with van der Waals surface area (Å²) in [5.41, 5.74) is 2.19. The van der Waals surface area contributed by atoms with Gasteiger partial charge >= 0.3 is 0 Å². The number of hydrogen-bond donors (Lipinski definition) is 4. The van der Waals surface area contributed by atoms with Gasteiger partial charge < -0.3 is 68.3 Å². The smallest absolute Gasteiger partial charge is 0.226 e. The molecule has 2 aromatic heterocycles. The minimum atomic E-state index is -3.60. The Hall–Kier alpha value is -3.06. The summed E-state index contributed by atoms with van der Waals surface area (Å²) in [5, 5.41) is 26.0. The van der Waals surface area contributed by atoms with Gasteiger partial charge in [-0.05, 0) is 80.4 Å². The molecule has 21 nitrogen and oxygen atoms in total. The molecular formula is C51H92ClN8O13PS. The van der Waals surface area contributed by atoms with Gasteiger partial charge in [0.2, 0.25) is 5.28 Å². The zero-order chi connectivity index (χ0) is 54.1. The molecule has 432 valence electrons. The number of nitrogens with one attached hydrogen (secondary N) is 2. The average Bonchev–Trinajstić information content (AvgIpc) is 4.07. The van der Waals surface area contributed by atoms with E-state index in [9.17, 15) is 8.42 Å². The van der Waals surface area contributed by atoms with E-state index in [0.29, 0.717) is 123 Å². The number of aryl methyl sites for hydroxylation is 1. The highest BCUT2D eigenvalue weighted by Crippen LogP contribution is 2.34. The molecule has 3 atom stereocenters. The van der Waals surface area contributed by atoms with Gasteiger partial charge in [0, 0.05) is 48.4 Å². The lowest BCUT2D eigenvalue weighted by Gasteiger charge is -2.40. The normalized spacial score (nSPS) is 15.3. The van der Waals surface area contributed by atoms with Crippen LogP contribution in [0.15, 0.2) is 35.4 Å². The van der Waals surface area contributed by atoms with Crippen molar-refractivity contribution in [3.05, 3.63) is 52.6 Å². The molecule has 75 heavy (non-hydrogen) atoms. The van der Waals surface area contributed by atoms with E-state index in [4.69, 9.17) is 69.6 Å². The van der Waals surface area contributed by atoms with E-state index in [-0.39, 0.29) is 51.8 Å². The maximum atomic E-state index is 13.5. The third-order valence-electron chi connectivity index (χ3n) is 11.0. The van der Waals surface area contributed by atoms with E-state index in [0.717, 1.165) is 88.7 Å². The molecule has 0 aliphatic carbocycles. The van der Waals surface area contributed by atoms with E-state index < -0.39 is 15.1 Å². The van der Waals surface area contributed by atoms with Crippen LogP contribution in [0.3, 0.4) is 0 Å².